The summed E-state index contributed by atoms with van der Waals surface area (Å²) in [5, 5.41) is 3.50. The first-order valence-corrected chi connectivity index (χ1v) is 10.2. The van der Waals surface area contributed by atoms with Crippen LogP contribution in [0.2, 0.25) is 4.34 Å². The fourth-order valence-electron chi connectivity index (χ4n) is 3.20. The van der Waals surface area contributed by atoms with Crippen LogP contribution < -0.4 is 5.32 Å². The summed E-state index contributed by atoms with van der Waals surface area (Å²) < 4.78 is 0.868. The first-order valence-electron chi connectivity index (χ1n) is 8.97. The summed E-state index contributed by atoms with van der Waals surface area (Å²) in [4.78, 5) is 14.8. The maximum absolute atomic E-state index is 6.03. The molecule has 1 aliphatic heterocycles. The van der Waals surface area contributed by atoms with Gasteiger partial charge in [0.25, 0.3) is 0 Å². The number of nitrogens with zero attached hydrogens (tertiary/aromatic N) is 4. The number of aromatic nitrogens is 1. The molecule has 0 aromatic carbocycles. The van der Waals surface area contributed by atoms with Crippen LogP contribution in [0.1, 0.15) is 16.0 Å². The molecule has 0 radical (unpaired) electrons. The first kappa shape index (κ1) is 22.4. The van der Waals surface area contributed by atoms with Crippen molar-refractivity contribution in [3.63, 3.8) is 0 Å². The zero-order valence-corrected chi connectivity index (χ0v) is 19.7. The van der Waals surface area contributed by atoms with Crippen LogP contribution in [0.4, 0.5) is 0 Å². The molecule has 1 fully saturated rings. The molecule has 1 N–H and O–H groups in total. The Morgan fingerprint density at radius 2 is 2.04 bits per heavy atom. The van der Waals surface area contributed by atoms with E-state index in [2.05, 4.69) is 44.1 Å². The Morgan fingerprint density at radius 1 is 1.26 bits per heavy atom. The number of pyridine rings is 1. The molecule has 5 nitrogen and oxygen atoms in total. The normalized spacial score (nSPS) is 15.5. The molecule has 2 aromatic rings. The summed E-state index contributed by atoms with van der Waals surface area (Å²) in [6.07, 6.45) is 4.76. The molecular weight excluding hydrogens is 493 g/mol. The van der Waals surface area contributed by atoms with Crippen molar-refractivity contribution in [3.8, 4) is 0 Å². The summed E-state index contributed by atoms with van der Waals surface area (Å²) in [6.45, 7) is 8.04. The molecule has 0 saturated carbocycles. The van der Waals surface area contributed by atoms with E-state index in [1.807, 2.05) is 25.5 Å². The Balaban J connectivity index is 0.00000261. The Labute approximate surface area is 187 Å². The number of hydrogen-bond donors (Lipinski definition) is 1. The molecule has 0 spiro atoms. The number of guanidine groups is 1. The van der Waals surface area contributed by atoms with Gasteiger partial charge in [0.2, 0.25) is 0 Å². The van der Waals surface area contributed by atoms with Crippen LogP contribution in [-0.2, 0) is 13.0 Å². The summed E-state index contributed by atoms with van der Waals surface area (Å²) in [5.74, 6) is 0.996. The van der Waals surface area contributed by atoms with E-state index >= 15 is 0 Å². The van der Waals surface area contributed by atoms with E-state index in [1.54, 1.807) is 11.3 Å². The van der Waals surface area contributed by atoms with Crippen LogP contribution in [0.25, 0.3) is 0 Å². The van der Waals surface area contributed by atoms with E-state index < -0.39 is 0 Å². The summed E-state index contributed by atoms with van der Waals surface area (Å²) in [6, 6.07) is 6.20. The van der Waals surface area contributed by atoms with Gasteiger partial charge in [-0.25, -0.2) is 0 Å². The minimum Gasteiger partial charge on any atom is -0.356 e. The maximum atomic E-state index is 6.03. The minimum absolute atomic E-state index is 0. The molecule has 0 aliphatic carbocycles. The van der Waals surface area contributed by atoms with Crippen molar-refractivity contribution >= 4 is 52.9 Å². The fraction of sp³-hybridized carbons (Fsp3) is 0.474. The monoisotopic (exact) mass is 519 g/mol. The van der Waals surface area contributed by atoms with Gasteiger partial charge >= 0.3 is 0 Å². The Hall–Kier alpha value is -0.900. The van der Waals surface area contributed by atoms with Crippen molar-refractivity contribution in [2.45, 2.75) is 19.9 Å². The predicted octanol–water partition coefficient (Wildman–Crippen LogP) is 3.66. The van der Waals surface area contributed by atoms with E-state index in [-0.39, 0.29) is 24.0 Å². The van der Waals surface area contributed by atoms with Gasteiger partial charge in [0.1, 0.15) is 0 Å². The highest BCUT2D eigenvalue weighted by molar-refractivity contribution is 14.0. The second-order valence-electron chi connectivity index (χ2n) is 6.50. The quantitative estimate of drug-likeness (QED) is 0.372. The topological polar surface area (TPSA) is 43.8 Å². The fourth-order valence-corrected chi connectivity index (χ4v) is 4.33. The molecule has 2 aromatic heterocycles. The molecule has 1 saturated heterocycles. The lowest BCUT2D eigenvalue weighted by Crippen LogP contribution is -2.52. The average Bonchev–Trinajstić information content (AvgIpc) is 3.06. The lowest BCUT2D eigenvalue weighted by molar-refractivity contribution is 0.174. The molecule has 1 aliphatic rings. The van der Waals surface area contributed by atoms with Crippen LogP contribution in [0.3, 0.4) is 0 Å². The molecule has 0 bridgehead atoms. The van der Waals surface area contributed by atoms with Crippen LogP contribution >= 0.6 is 46.9 Å². The standard InChI is InChI=1S/C19H26ClN5S.HI/c1-15-13-22-7-5-16(15)6-8-23-19(21-2)25-11-9-24(10-12-25)14-17-3-4-18(20)26-17;/h3-5,7,13H,6,8-12,14H2,1-2H3,(H,21,23);1H. The molecule has 27 heavy (non-hydrogen) atoms. The van der Waals surface area contributed by atoms with Gasteiger partial charge in [-0.05, 0) is 42.7 Å². The van der Waals surface area contributed by atoms with Crippen molar-refractivity contribution < 1.29 is 0 Å². The third kappa shape index (κ3) is 6.58. The van der Waals surface area contributed by atoms with E-state index in [1.165, 1.54) is 16.0 Å². The predicted molar refractivity (Wildman–Crippen MR) is 126 cm³/mol. The van der Waals surface area contributed by atoms with Gasteiger partial charge < -0.3 is 10.2 Å². The lowest BCUT2D eigenvalue weighted by atomic mass is 10.1. The summed E-state index contributed by atoms with van der Waals surface area (Å²) in [5.41, 5.74) is 2.58. The van der Waals surface area contributed by atoms with Gasteiger partial charge in [-0.3, -0.25) is 14.9 Å². The van der Waals surface area contributed by atoms with E-state index in [9.17, 15) is 0 Å². The molecule has 0 amide bonds. The Morgan fingerprint density at radius 3 is 2.67 bits per heavy atom. The molecule has 3 rings (SSSR count). The van der Waals surface area contributed by atoms with E-state index in [0.717, 1.165) is 56.0 Å². The van der Waals surface area contributed by atoms with Gasteiger partial charge in [-0.15, -0.1) is 35.3 Å². The molecular formula is C19H27ClIN5S. The molecule has 3 heterocycles. The van der Waals surface area contributed by atoms with Crippen molar-refractivity contribution in [3.05, 3.63) is 50.9 Å². The van der Waals surface area contributed by atoms with Crippen LogP contribution in [0, 0.1) is 6.92 Å². The Kier molecular flexibility index (Phi) is 9.28. The molecule has 8 heteroatoms. The van der Waals surface area contributed by atoms with Gasteiger partial charge in [0.05, 0.1) is 4.34 Å². The second-order valence-corrected chi connectivity index (χ2v) is 8.29. The number of aliphatic imine (C=N–C) groups is 1. The summed E-state index contributed by atoms with van der Waals surface area (Å²) in [7, 11) is 1.86. The number of thiophene rings is 1. The number of nitrogens with one attached hydrogen (secondary N) is 1. The second kappa shape index (κ2) is 11.2. The van der Waals surface area contributed by atoms with Crippen LogP contribution in [-0.4, -0.2) is 60.5 Å². The molecule has 0 atom stereocenters. The van der Waals surface area contributed by atoms with Gasteiger partial charge in [0, 0.05) is 63.6 Å². The molecule has 0 unspecified atom stereocenters. The maximum Gasteiger partial charge on any atom is 0.193 e. The van der Waals surface area contributed by atoms with Crippen molar-refractivity contribution in [2.24, 2.45) is 4.99 Å². The van der Waals surface area contributed by atoms with Crippen molar-refractivity contribution in [2.75, 3.05) is 39.8 Å². The zero-order valence-electron chi connectivity index (χ0n) is 15.8. The number of piperazine rings is 1. The number of rotatable bonds is 5. The third-order valence-electron chi connectivity index (χ3n) is 4.71. The van der Waals surface area contributed by atoms with Crippen LogP contribution in [0.15, 0.2) is 35.6 Å². The summed E-state index contributed by atoms with van der Waals surface area (Å²) >= 11 is 7.70. The first-order chi connectivity index (χ1) is 12.7. The average molecular weight is 520 g/mol. The smallest absolute Gasteiger partial charge is 0.193 e. The largest absolute Gasteiger partial charge is 0.356 e. The number of halogens is 2. The zero-order chi connectivity index (χ0) is 18.4. The highest BCUT2D eigenvalue weighted by atomic mass is 127. The van der Waals surface area contributed by atoms with Crippen molar-refractivity contribution in [1.29, 1.82) is 0 Å². The van der Waals surface area contributed by atoms with Gasteiger partial charge in [0.15, 0.2) is 5.96 Å². The lowest BCUT2D eigenvalue weighted by Gasteiger charge is -2.36. The van der Waals surface area contributed by atoms with Gasteiger partial charge in [-0.1, -0.05) is 11.6 Å². The number of hydrogen-bond acceptors (Lipinski definition) is 4. The SMILES string of the molecule is CN=C(NCCc1ccncc1C)N1CCN(Cc2ccc(Cl)s2)CC1.I. The van der Waals surface area contributed by atoms with E-state index in [0.29, 0.717) is 0 Å². The Bertz CT molecular complexity index is 743. The van der Waals surface area contributed by atoms with Gasteiger partial charge in [-0.2, -0.15) is 0 Å². The minimum atomic E-state index is 0. The third-order valence-corrected chi connectivity index (χ3v) is 5.92. The van der Waals surface area contributed by atoms with E-state index in [4.69, 9.17) is 11.6 Å². The highest BCUT2D eigenvalue weighted by Gasteiger charge is 2.19. The number of aryl methyl sites for hydroxylation is 1. The molecule has 148 valence electrons. The highest BCUT2D eigenvalue weighted by Crippen LogP contribution is 2.23. The van der Waals surface area contributed by atoms with Crippen LogP contribution in [0.5, 0.6) is 0 Å². The van der Waals surface area contributed by atoms with Crippen molar-refractivity contribution in [1.82, 2.24) is 20.1 Å².